The summed E-state index contributed by atoms with van der Waals surface area (Å²) in [5.41, 5.74) is 4.83. The number of amidine groups is 1. The molecule has 0 aliphatic carbocycles. The predicted molar refractivity (Wildman–Crippen MR) is 102 cm³/mol. The smallest absolute Gasteiger partial charge is 0.203 e. The normalized spacial score (nSPS) is 11.8. The van der Waals surface area contributed by atoms with Crippen molar-refractivity contribution in [2.75, 3.05) is 5.32 Å². The summed E-state index contributed by atoms with van der Waals surface area (Å²) in [6.45, 7) is 0.489. The van der Waals surface area contributed by atoms with Gasteiger partial charge >= 0.3 is 0 Å². The lowest BCUT2D eigenvalue weighted by molar-refractivity contribution is 0.235. The molecule has 28 heavy (non-hydrogen) atoms. The Hall–Kier alpha value is -3.50. The van der Waals surface area contributed by atoms with Gasteiger partial charge in [-0.3, -0.25) is 15.8 Å². The van der Waals surface area contributed by atoms with Crippen molar-refractivity contribution in [2.45, 2.75) is 6.54 Å². The Bertz CT molecular complexity index is 1140. The van der Waals surface area contributed by atoms with Crippen LogP contribution in [-0.4, -0.2) is 36.2 Å². The van der Waals surface area contributed by atoms with Gasteiger partial charge in [-0.05, 0) is 30.3 Å². The van der Waals surface area contributed by atoms with Crippen LogP contribution in [0.3, 0.4) is 0 Å². The number of nitrogens with zero attached hydrogens (tertiary/aromatic N) is 4. The van der Waals surface area contributed by atoms with Gasteiger partial charge in [-0.2, -0.15) is 10.1 Å². The molecule has 3 aromatic heterocycles. The Balaban J connectivity index is 1.67. The first-order chi connectivity index (χ1) is 13.6. The van der Waals surface area contributed by atoms with Gasteiger partial charge in [0.15, 0.2) is 11.5 Å². The van der Waals surface area contributed by atoms with Crippen LogP contribution >= 0.6 is 11.6 Å². The highest BCUT2D eigenvalue weighted by Crippen LogP contribution is 2.23. The van der Waals surface area contributed by atoms with E-state index in [0.717, 1.165) is 5.69 Å². The van der Waals surface area contributed by atoms with Gasteiger partial charge in [0.25, 0.3) is 0 Å². The second-order valence-electron chi connectivity index (χ2n) is 5.75. The van der Waals surface area contributed by atoms with Crippen molar-refractivity contribution in [3.63, 3.8) is 0 Å². The molecule has 0 saturated heterocycles. The number of nitrogens with one attached hydrogen (secondary N) is 4. The second kappa shape index (κ2) is 7.62. The van der Waals surface area contributed by atoms with E-state index in [9.17, 15) is 9.60 Å². The number of pyridine rings is 1. The van der Waals surface area contributed by atoms with E-state index in [-0.39, 0.29) is 10.9 Å². The quantitative estimate of drug-likeness (QED) is 0.199. The molecule has 142 valence electrons. The second-order valence-corrected chi connectivity index (χ2v) is 6.16. The van der Waals surface area contributed by atoms with Crippen molar-refractivity contribution in [3.8, 4) is 0 Å². The summed E-state index contributed by atoms with van der Waals surface area (Å²) >= 11 is 5.79. The molecule has 0 saturated carbocycles. The van der Waals surface area contributed by atoms with Gasteiger partial charge in [0.2, 0.25) is 5.95 Å². The third-order valence-corrected chi connectivity index (χ3v) is 4.19. The van der Waals surface area contributed by atoms with E-state index in [2.05, 4.69) is 40.9 Å². The van der Waals surface area contributed by atoms with Gasteiger partial charge in [0.1, 0.15) is 5.82 Å². The fourth-order valence-corrected chi connectivity index (χ4v) is 2.76. The molecule has 0 radical (unpaired) electrons. The molecule has 0 aliphatic heterocycles. The maximum atomic E-state index is 13.3. The van der Waals surface area contributed by atoms with E-state index in [1.165, 1.54) is 18.2 Å². The fraction of sp³-hybridized carbons (Fsp3) is 0.0588. The van der Waals surface area contributed by atoms with Crippen LogP contribution in [0.1, 0.15) is 11.3 Å². The van der Waals surface area contributed by atoms with Crippen molar-refractivity contribution < 1.29 is 9.60 Å². The van der Waals surface area contributed by atoms with Crippen molar-refractivity contribution in [3.05, 3.63) is 64.8 Å². The number of anilines is 1. The maximum Gasteiger partial charge on any atom is 0.203 e. The minimum Gasteiger partial charge on any atom is -0.350 e. The number of H-pyrrole nitrogens is 2. The maximum absolute atomic E-state index is 13.3. The summed E-state index contributed by atoms with van der Waals surface area (Å²) in [6, 6.07) is 7.50. The molecule has 9 nitrogen and oxygen atoms in total. The monoisotopic (exact) mass is 400 g/mol. The number of rotatable bonds is 5. The lowest BCUT2D eigenvalue weighted by Gasteiger charge is -2.06. The summed E-state index contributed by atoms with van der Waals surface area (Å²) in [7, 11) is 0. The molecule has 0 amide bonds. The predicted octanol–water partition coefficient (Wildman–Crippen LogP) is 3.14. The van der Waals surface area contributed by atoms with E-state index in [1.807, 2.05) is 6.07 Å². The number of halogens is 2. The number of hydroxylamine groups is 1. The summed E-state index contributed by atoms with van der Waals surface area (Å²) in [6.07, 6.45) is 3.20. The molecule has 3 heterocycles. The van der Waals surface area contributed by atoms with Crippen LogP contribution in [0.4, 0.5) is 16.0 Å². The van der Waals surface area contributed by atoms with Gasteiger partial charge in [0.05, 0.1) is 28.5 Å². The number of hydrogen-bond donors (Lipinski definition) is 5. The Morgan fingerprint density at radius 2 is 2.14 bits per heavy atom. The first kappa shape index (κ1) is 17.9. The van der Waals surface area contributed by atoms with Gasteiger partial charge in [-0.25, -0.2) is 14.4 Å². The Morgan fingerprint density at radius 1 is 1.25 bits per heavy atom. The Morgan fingerprint density at radius 3 is 2.89 bits per heavy atom. The molecule has 0 unspecified atom stereocenters. The van der Waals surface area contributed by atoms with Crippen molar-refractivity contribution in [2.24, 2.45) is 4.99 Å². The zero-order chi connectivity index (χ0) is 19.5. The molecule has 0 fully saturated rings. The third-order valence-electron chi connectivity index (χ3n) is 3.90. The number of benzene rings is 1. The van der Waals surface area contributed by atoms with Crippen LogP contribution in [0.25, 0.3) is 11.2 Å². The highest BCUT2D eigenvalue weighted by atomic mass is 35.5. The van der Waals surface area contributed by atoms with Gasteiger partial charge in [-0.1, -0.05) is 11.6 Å². The number of imidazole rings is 1. The number of hydrogen-bond acceptors (Lipinski definition) is 6. The molecule has 11 heteroatoms. The van der Waals surface area contributed by atoms with Gasteiger partial charge in [-0.15, -0.1) is 0 Å². The Kier molecular flexibility index (Phi) is 4.87. The molecule has 0 aliphatic rings. The number of aromatic nitrogens is 5. The molecular weight excluding hydrogens is 387 g/mol. The minimum atomic E-state index is -0.549. The van der Waals surface area contributed by atoms with Crippen molar-refractivity contribution in [1.82, 2.24) is 30.6 Å². The van der Waals surface area contributed by atoms with Crippen LogP contribution in [0.5, 0.6) is 0 Å². The minimum absolute atomic E-state index is 0.0646. The molecule has 4 rings (SSSR count). The number of fused-ring (bicyclic) bond motifs is 1. The molecule has 5 N–H and O–H groups in total. The summed E-state index contributed by atoms with van der Waals surface area (Å²) in [5, 5.41) is 19.4. The molecule has 1 aromatic carbocycles. The molecule has 0 bridgehead atoms. The van der Waals surface area contributed by atoms with E-state index < -0.39 is 5.82 Å². The molecular formula is C17H14ClFN8O. The third kappa shape index (κ3) is 3.63. The van der Waals surface area contributed by atoms with Gasteiger partial charge in [0, 0.05) is 18.0 Å². The lowest BCUT2D eigenvalue weighted by Crippen LogP contribution is -2.20. The van der Waals surface area contributed by atoms with E-state index in [0.29, 0.717) is 34.9 Å². The first-order valence-electron chi connectivity index (χ1n) is 8.15. The summed E-state index contributed by atoms with van der Waals surface area (Å²) < 4.78 is 13.3. The van der Waals surface area contributed by atoms with Crippen molar-refractivity contribution >= 4 is 40.2 Å². The molecule has 0 atom stereocenters. The largest absolute Gasteiger partial charge is 0.350 e. The van der Waals surface area contributed by atoms with Gasteiger partial charge < -0.3 is 10.3 Å². The SMILES string of the molecule is ONC(=Nc1ccc(F)c(Cl)c1)c1ccnc2nc(NCc3ccn[nH]3)[nH]c12. The molecule has 4 aromatic rings. The van der Waals surface area contributed by atoms with Crippen LogP contribution in [0, 0.1) is 5.82 Å². The van der Waals surface area contributed by atoms with Crippen LogP contribution in [-0.2, 0) is 6.54 Å². The standard InChI is InChI=1S/C17H14ClFN8O/c18-12-7-9(1-2-13(12)19)23-15(27-28)11-4-5-20-16-14(11)24-17(25-16)21-8-10-3-6-22-26-10/h1-7,28H,8H2,(H,22,26)(H,23,27)(H2,20,21,24,25). The zero-order valence-electron chi connectivity index (χ0n) is 14.2. The van der Waals surface area contributed by atoms with Crippen LogP contribution in [0.2, 0.25) is 5.02 Å². The highest BCUT2D eigenvalue weighted by molar-refractivity contribution is 6.31. The Labute approximate surface area is 162 Å². The van der Waals surface area contributed by atoms with Crippen LogP contribution < -0.4 is 10.8 Å². The average Bonchev–Trinajstić information content (AvgIpc) is 3.36. The van der Waals surface area contributed by atoms with Crippen molar-refractivity contribution in [1.29, 1.82) is 0 Å². The summed E-state index contributed by atoms with van der Waals surface area (Å²) in [5.74, 6) is 0.0671. The van der Waals surface area contributed by atoms with E-state index >= 15 is 0 Å². The average molecular weight is 401 g/mol. The first-order valence-corrected chi connectivity index (χ1v) is 8.53. The summed E-state index contributed by atoms with van der Waals surface area (Å²) in [4.78, 5) is 16.0. The van der Waals surface area contributed by atoms with Crippen LogP contribution in [0.15, 0.2) is 47.7 Å². The number of aliphatic imine (C=N–C) groups is 1. The number of aromatic amines is 2. The zero-order valence-corrected chi connectivity index (χ0v) is 15.0. The molecule has 0 spiro atoms. The lowest BCUT2D eigenvalue weighted by atomic mass is 10.2. The van der Waals surface area contributed by atoms with E-state index in [1.54, 1.807) is 18.5 Å². The topological polar surface area (TPSA) is 127 Å². The van der Waals surface area contributed by atoms with E-state index in [4.69, 9.17) is 11.6 Å². The fourth-order valence-electron chi connectivity index (χ4n) is 2.58. The highest BCUT2D eigenvalue weighted by Gasteiger charge is 2.13.